The van der Waals surface area contributed by atoms with Gasteiger partial charge in [-0.15, -0.1) is 5.10 Å². The summed E-state index contributed by atoms with van der Waals surface area (Å²) in [7, 11) is 1.74. The Bertz CT molecular complexity index is 591. The lowest BCUT2D eigenvalue weighted by Gasteiger charge is -2.07. The van der Waals surface area contributed by atoms with Gasteiger partial charge in [-0.25, -0.2) is 0 Å². The lowest BCUT2D eigenvalue weighted by molar-refractivity contribution is 0.212. The average Bonchev–Trinajstić information content (AvgIpc) is 3.01. The Hall–Kier alpha value is -0.480. The van der Waals surface area contributed by atoms with E-state index < -0.39 is 6.10 Å². The van der Waals surface area contributed by atoms with E-state index in [-0.39, 0.29) is 0 Å². The third-order valence-corrected chi connectivity index (χ3v) is 4.49. The molecule has 2 heterocycles. The van der Waals surface area contributed by atoms with Crippen molar-refractivity contribution in [2.45, 2.75) is 25.0 Å². The van der Waals surface area contributed by atoms with E-state index >= 15 is 0 Å². The average molecular weight is 424 g/mol. The van der Waals surface area contributed by atoms with Gasteiger partial charge in [0.15, 0.2) is 0 Å². The molecule has 18 heavy (non-hydrogen) atoms. The quantitative estimate of drug-likeness (QED) is 0.764. The minimum atomic E-state index is -0.799. The molecular weight excluding hydrogens is 413 g/mol. The lowest BCUT2D eigenvalue weighted by Crippen LogP contribution is -2.04. The van der Waals surface area contributed by atoms with E-state index in [1.54, 1.807) is 13.2 Å². The van der Waals surface area contributed by atoms with Crippen molar-refractivity contribution in [2.24, 2.45) is 7.05 Å². The molecule has 0 amide bonds. The predicted molar refractivity (Wildman–Crippen MR) is 76.0 cm³/mol. The highest BCUT2D eigenvalue weighted by molar-refractivity contribution is 14.1. The maximum Gasteiger partial charge on any atom is 0.149 e. The summed E-state index contributed by atoms with van der Waals surface area (Å²) in [5, 5.41) is 23.0. The van der Waals surface area contributed by atoms with Crippen LogP contribution in [0.5, 0.6) is 0 Å². The Morgan fingerprint density at radius 1 is 1.50 bits per heavy atom. The molecule has 96 valence electrons. The van der Waals surface area contributed by atoms with Crippen LogP contribution >= 0.6 is 38.5 Å². The molecule has 0 aliphatic heterocycles. The molecule has 1 fully saturated rings. The van der Waals surface area contributed by atoms with Crippen LogP contribution in [0.2, 0.25) is 0 Å². The summed E-state index contributed by atoms with van der Waals surface area (Å²) in [6, 6.07) is 0.473. The van der Waals surface area contributed by atoms with Gasteiger partial charge < -0.3 is 5.11 Å². The van der Waals surface area contributed by atoms with E-state index in [9.17, 15) is 5.11 Å². The van der Waals surface area contributed by atoms with Gasteiger partial charge in [-0.05, 0) is 51.4 Å². The molecule has 2 aromatic rings. The van der Waals surface area contributed by atoms with Crippen LogP contribution in [0.4, 0.5) is 0 Å². The number of rotatable bonds is 3. The van der Waals surface area contributed by atoms with Crippen LogP contribution in [0, 0.1) is 3.70 Å². The Kier molecular flexibility index (Phi) is 3.18. The third kappa shape index (κ3) is 2.10. The van der Waals surface area contributed by atoms with Crippen LogP contribution < -0.4 is 0 Å². The first kappa shape index (κ1) is 12.5. The van der Waals surface area contributed by atoms with Gasteiger partial charge in [-0.1, -0.05) is 0 Å². The third-order valence-electron chi connectivity index (χ3n) is 2.90. The normalized spacial score (nSPS) is 17.1. The second-order valence-corrected chi connectivity index (χ2v) is 6.11. The first-order chi connectivity index (χ1) is 8.58. The number of aryl methyl sites for hydroxylation is 1. The summed E-state index contributed by atoms with van der Waals surface area (Å²) in [4.78, 5) is 1.46. The van der Waals surface area contributed by atoms with Gasteiger partial charge >= 0.3 is 0 Å². The molecule has 8 heteroatoms. The van der Waals surface area contributed by atoms with Crippen LogP contribution in [-0.4, -0.2) is 29.9 Å². The monoisotopic (exact) mass is 423 g/mol. The van der Waals surface area contributed by atoms with Gasteiger partial charge in [-0.2, -0.15) is 15.0 Å². The maximum absolute atomic E-state index is 10.4. The van der Waals surface area contributed by atoms with Crippen molar-refractivity contribution in [3.8, 4) is 0 Å². The van der Waals surface area contributed by atoms with Gasteiger partial charge in [0.2, 0.25) is 0 Å². The van der Waals surface area contributed by atoms with Crippen LogP contribution in [0.3, 0.4) is 0 Å². The summed E-state index contributed by atoms with van der Waals surface area (Å²) in [6.07, 6.45) is 3.20. The highest BCUT2D eigenvalue weighted by Gasteiger charge is 2.30. The van der Waals surface area contributed by atoms with Crippen molar-refractivity contribution in [3.05, 3.63) is 25.8 Å². The smallest absolute Gasteiger partial charge is 0.149 e. The zero-order valence-electron chi connectivity index (χ0n) is 9.59. The zero-order chi connectivity index (χ0) is 12.9. The molecule has 2 aromatic heterocycles. The van der Waals surface area contributed by atoms with E-state index in [0.717, 1.165) is 23.0 Å². The Balaban J connectivity index is 1.96. The van der Waals surface area contributed by atoms with E-state index in [1.807, 2.05) is 4.68 Å². The number of aliphatic hydroxyl groups excluding tert-OH is 1. The molecule has 1 aliphatic rings. The van der Waals surface area contributed by atoms with Crippen LogP contribution in [0.1, 0.15) is 36.2 Å². The van der Waals surface area contributed by atoms with Gasteiger partial charge in [-0.3, -0.25) is 4.68 Å². The number of hydrogen-bond donors (Lipinski definition) is 1. The van der Waals surface area contributed by atoms with Crippen molar-refractivity contribution in [1.29, 1.82) is 0 Å². The minimum Gasteiger partial charge on any atom is -0.382 e. The number of hydrogen-bond acceptors (Lipinski definition) is 4. The second-order valence-electron chi connectivity index (χ2n) is 4.33. The largest absolute Gasteiger partial charge is 0.382 e. The minimum absolute atomic E-state index is 0.473. The van der Waals surface area contributed by atoms with Crippen molar-refractivity contribution < 1.29 is 5.11 Å². The predicted octanol–water partition coefficient (Wildman–Crippen LogP) is 1.80. The van der Waals surface area contributed by atoms with Crippen molar-refractivity contribution >= 4 is 38.5 Å². The summed E-state index contributed by atoms with van der Waals surface area (Å²) in [5.74, 6) is 0. The molecule has 0 radical (unpaired) electrons. The number of aromatic nitrogens is 5. The Labute approximate surface area is 126 Å². The van der Waals surface area contributed by atoms with Gasteiger partial charge in [0.05, 0.1) is 12.2 Å². The molecule has 6 nitrogen and oxygen atoms in total. The van der Waals surface area contributed by atoms with E-state index in [1.165, 1.54) is 4.80 Å². The Morgan fingerprint density at radius 3 is 2.78 bits per heavy atom. The molecule has 1 unspecified atom stereocenters. The molecule has 0 aromatic carbocycles. The summed E-state index contributed by atoms with van der Waals surface area (Å²) >= 11 is 5.57. The fraction of sp³-hybridized carbons (Fsp3) is 0.500. The van der Waals surface area contributed by atoms with E-state index in [2.05, 4.69) is 53.8 Å². The highest BCUT2D eigenvalue weighted by atomic mass is 127. The molecule has 1 atom stereocenters. The maximum atomic E-state index is 10.4. The van der Waals surface area contributed by atoms with Crippen LogP contribution in [0.15, 0.2) is 10.8 Å². The molecule has 1 saturated carbocycles. The van der Waals surface area contributed by atoms with Crippen molar-refractivity contribution in [1.82, 2.24) is 24.8 Å². The van der Waals surface area contributed by atoms with Gasteiger partial charge in [0, 0.05) is 12.6 Å². The molecular formula is C10H11BrIN5O. The second kappa shape index (κ2) is 4.57. The summed E-state index contributed by atoms with van der Waals surface area (Å²) in [5.41, 5.74) is 1.30. The fourth-order valence-electron chi connectivity index (χ4n) is 1.83. The molecule has 3 rings (SSSR count). The highest BCUT2D eigenvalue weighted by Crippen LogP contribution is 2.39. The van der Waals surface area contributed by atoms with Crippen LogP contribution in [-0.2, 0) is 7.05 Å². The molecule has 0 bridgehead atoms. The SMILES string of the molecule is Cn1nc(I)c(C(O)c2cnn(C3CC3)c2Br)n1. The lowest BCUT2D eigenvalue weighted by atomic mass is 10.1. The topological polar surface area (TPSA) is 68.8 Å². The van der Waals surface area contributed by atoms with Crippen molar-refractivity contribution in [3.63, 3.8) is 0 Å². The number of halogens is 2. The zero-order valence-corrected chi connectivity index (χ0v) is 13.3. The molecule has 0 saturated heterocycles. The first-order valence-electron chi connectivity index (χ1n) is 5.55. The molecule has 1 aliphatic carbocycles. The summed E-state index contributed by atoms with van der Waals surface area (Å²) in [6.45, 7) is 0. The first-order valence-corrected chi connectivity index (χ1v) is 7.42. The molecule has 1 N–H and O–H groups in total. The van der Waals surface area contributed by atoms with Crippen molar-refractivity contribution in [2.75, 3.05) is 0 Å². The fourth-order valence-corrected chi connectivity index (χ4v) is 3.25. The van der Waals surface area contributed by atoms with Gasteiger partial charge in [0.25, 0.3) is 0 Å². The van der Waals surface area contributed by atoms with E-state index in [4.69, 9.17) is 0 Å². The standard InChI is InChI=1S/C10H11BrIN5O/c1-16-14-7(10(12)15-16)8(18)6-4-13-17(9(6)11)5-2-3-5/h4-5,8,18H,2-3H2,1H3. The number of nitrogens with zero attached hydrogens (tertiary/aromatic N) is 5. The molecule has 0 spiro atoms. The number of aliphatic hydroxyl groups is 1. The van der Waals surface area contributed by atoms with Gasteiger partial charge in [0.1, 0.15) is 20.1 Å². The Morgan fingerprint density at radius 2 is 2.22 bits per heavy atom. The van der Waals surface area contributed by atoms with Crippen LogP contribution in [0.25, 0.3) is 0 Å². The van der Waals surface area contributed by atoms with E-state index in [0.29, 0.717) is 15.4 Å². The summed E-state index contributed by atoms with van der Waals surface area (Å²) < 4.78 is 3.45.